The molecule has 1 atom stereocenters. The van der Waals surface area contributed by atoms with E-state index in [0.717, 1.165) is 0 Å². The molecule has 0 heterocycles. The predicted octanol–water partition coefficient (Wildman–Crippen LogP) is 5.39. The van der Waals surface area contributed by atoms with Crippen LogP contribution in [-0.4, -0.2) is 4.83 Å². The van der Waals surface area contributed by atoms with Crippen LogP contribution < -0.4 is 0 Å². The standard InChI is InChI=1S/C14H23Br/c1-2-3-4-5-6-7-8-13-9-11-14(15)12-10-13/h9-11,14H,2-8,12H2,1H3. The molecule has 1 unspecified atom stereocenters. The molecule has 0 aromatic heterocycles. The van der Waals surface area contributed by atoms with Gasteiger partial charge in [-0.1, -0.05) is 78.8 Å². The highest BCUT2D eigenvalue weighted by Crippen LogP contribution is 2.20. The SMILES string of the molecule is CCCCCCCCC1=CCC(Br)C=C1. The second-order valence-electron chi connectivity index (χ2n) is 4.41. The molecule has 1 rings (SSSR count). The molecule has 0 nitrogen and oxygen atoms in total. The second-order valence-corrected chi connectivity index (χ2v) is 5.58. The van der Waals surface area contributed by atoms with Crippen LogP contribution in [0, 0.1) is 0 Å². The van der Waals surface area contributed by atoms with E-state index in [0.29, 0.717) is 4.83 Å². The van der Waals surface area contributed by atoms with Gasteiger partial charge in [-0.3, -0.25) is 0 Å². The van der Waals surface area contributed by atoms with Crippen LogP contribution >= 0.6 is 15.9 Å². The Kier molecular flexibility index (Phi) is 7.08. The zero-order chi connectivity index (χ0) is 10.9. The Labute approximate surface area is 103 Å². The van der Waals surface area contributed by atoms with Gasteiger partial charge in [0.1, 0.15) is 0 Å². The summed E-state index contributed by atoms with van der Waals surface area (Å²) in [6.45, 7) is 2.27. The van der Waals surface area contributed by atoms with Crippen LogP contribution in [0.5, 0.6) is 0 Å². The summed E-state index contributed by atoms with van der Waals surface area (Å²) in [6.07, 6.45) is 17.8. The third-order valence-corrected chi connectivity index (χ3v) is 3.62. The van der Waals surface area contributed by atoms with E-state index in [1.54, 1.807) is 5.57 Å². The van der Waals surface area contributed by atoms with Gasteiger partial charge in [-0.15, -0.1) is 0 Å². The normalized spacial score (nSPS) is 20.4. The van der Waals surface area contributed by atoms with Crippen molar-refractivity contribution < 1.29 is 0 Å². The van der Waals surface area contributed by atoms with Crippen molar-refractivity contribution in [1.29, 1.82) is 0 Å². The highest BCUT2D eigenvalue weighted by atomic mass is 79.9. The number of hydrogen-bond donors (Lipinski definition) is 0. The molecule has 0 fully saturated rings. The molecule has 0 saturated heterocycles. The molecular weight excluding hydrogens is 248 g/mol. The number of halogens is 1. The van der Waals surface area contributed by atoms with Crippen molar-refractivity contribution in [2.24, 2.45) is 0 Å². The molecule has 15 heavy (non-hydrogen) atoms. The summed E-state index contributed by atoms with van der Waals surface area (Å²) < 4.78 is 0. The van der Waals surface area contributed by atoms with Crippen molar-refractivity contribution >= 4 is 15.9 Å². The fraction of sp³-hybridized carbons (Fsp3) is 0.714. The maximum absolute atomic E-state index is 3.59. The first kappa shape index (κ1) is 13.0. The molecule has 1 aliphatic carbocycles. The van der Waals surface area contributed by atoms with Gasteiger partial charge in [0.15, 0.2) is 0 Å². The summed E-state index contributed by atoms with van der Waals surface area (Å²) in [4.78, 5) is 0.575. The Morgan fingerprint density at radius 1 is 1.20 bits per heavy atom. The molecule has 1 heteroatoms. The number of rotatable bonds is 7. The van der Waals surface area contributed by atoms with Gasteiger partial charge >= 0.3 is 0 Å². The monoisotopic (exact) mass is 270 g/mol. The van der Waals surface area contributed by atoms with Gasteiger partial charge in [0.25, 0.3) is 0 Å². The van der Waals surface area contributed by atoms with E-state index in [1.807, 2.05) is 0 Å². The van der Waals surface area contributed by atoms with E-state index in [-0.39, 0.29) is 0 Å². The quantitative estimate of drug-likeness (QED) is 0.430. The Balaban J connectivity index is 1.99. The van der Waals surface area contributed by atoms with Crippen LogP contribution in [0.1, 0.15) is 58.3 Å². The van der Waals surface area contributed by atoms with Gasteiger partial charge in [-0.2, -0.15) is 0 Å². The molecule has 86 valence electrons. The maximum Gasteiger partial charge on any atom is 0.0363 e. The first-order valence-electron chi connectivity index (χ1n) is 6.34. The van der Waals surface area contributed by atoms with E-state index < -0.39 is 0 Å². The van der Waals surface area contributed by atoms with E-state index in [2.05, 4.69) is 41.1 Å². The molecule has 1 aliphatic rings. The summed E-state index contributed by atoms with van der Waals surface area (Å²) in [5.74, 6) is 0. The van der Waals surface area contributed by atoms with Crippen LogP contribution in [0.4, 0.5) is 0 Å². The lowest BCUT2D eigenvalue weighted by atomic mass is 10.0. The Morgan fingerprint density at radius 3 is 2.60 bits per heavy atom. The van der Waals surface area contributed by atoms with Crippen molar-refractivity contribution in [3.8, 4) is 0 Å². The van der Waals surface area contributed by atoms with E-state index >= 15 is 0 Å². The topological polar surface area (TPSA) is 0 Å². The average molecular weight is 271 g/mol. The van der Waals surface area contributed by atoms with Gasteiger partial charge in [0.2, 0.25) is 0 Å². The zero-order valence-electron chi connectivity index (χ0n) is 9.84. The molecule has 0 bridgehead atoms. The lowest BCUT2D eigenvalue weighted by molar-refractivity contribution is 0.607. The largest absolute Gasteiger partial charge is 0.0842 e. The van der Waals surface area contributed by atoms with Crippen molar-refractivity contribution in [3.63, 3.8) is 0 Å². The minimum atomic E-state index is 0.575. The van der Waals surface area contributed by atoms with Crippen molar-refractivity contribution in [2.75, 3.05) is 0 Å². The van der Waals surface area contributed by atoms with Gasteiger partial charge in [0.05, 0.1) is 0 Å². The minimum Gasteiger partial charge on any atom is -0.0842 e. The maximum atomic E-state index is 3.59. The van der Waals surface area contributed by atoms with E-state index in [9.17, 15) is 0 Å². The molecule has 0 amide bonds. The predicted molar refractivity (Wildman–Crippen MR) is 72.5 cm³/mol. The van der Waals surface area contributed by atoms with Gasteiger partial charge < -0.3 is 0 Å². The average Bonchev–Trinajstić information content (AvgIpc) is 2.26. The highest BCUT2D eigenvalue weighted by Gasteiger charge is 2.03. The van der Waals surface area contributed by atoms with E-state index in [1.165, 1.54) is 51.4 Å². The van der Waals surface area contributed by atoms with Gasteiger partial charge in [0, 0.05) is 4.83 Å². The lowest BCUT2D eigenvalue weighted by Crippen LogP contribution is -1.96. The van der Waals surface area contributed by atoms with Gasteiger partial charge in [-0.05, 0) is 19.3 Å². The molecule has 0 N–H and O–H groups in total. The van der Waals surface area contributed by atoms with Crippen molar-refractivity contribution in [2.45, 2.75) is 63.1 Å². The lowest BCUT2D eigenvalue weighted by Gasteiger charge is -2.10. The molecule has 0 aromatic carbocycles. The summed E-state index contributed by atoms with van der Waals surface area (Å²) in [6, 6.07) is 0. The summed E-state index contributed by atoms with van der Waals surface area (Å²) in [7, 11) is 0. The highest BCUT2D eigenvalue weighted by molar-refractivity contribution is 9.09. The van der Waals surface area contributed by atoms with Crippen LogP contribution in [0.25, 0.3) is 0 Å². The number of allylic oxidation sites excluding steroid dienone is 4. The second kappa shape index (κ2) is 8.15. The number of alkyl halides is 1. The summed E-state index contributed by atoms with van der Waals surface area (Å²) in [5, 5.41) is 0. The third kappa shape index (κ3) is 6.19. The Morgan fingerprint density at radius 2 is 1.93 bits per heavy atom. The fourth-order valence-corrected chi connectivity index (χ4v) is 2.27. The van der Waals surface area contributed by atoms with Crippen LogP contribution in [0.3, 0.4) is 0 Å². The molecule has 0 spiro atoms. The van der Waals surface area contributed by atoms with Gasteiger partial charge in [-0.25, -0.2) is 0 Å². The zero-order valence-corrected chi connectivity index (χ0v) is 11.4. The fourth-order valence-electron chi connectivity index (χ4n) is 1.93. The molecular formula is C14H23Br. The number of hydrogen-bond acceptors (Lipinski definition) is 0. The Bertz CT molecular complexity index is 215. The third-order valence-electron chi connectivity index (χ3n) is 2.94. The molecule has 0 saturated carbocycles. The van der Waals surface area contributed by atoms with Crippen LogP contribution in [0.2, 0.25) is 0 Å². The first-order valence-corrected chi connectivity index (χ1v) is 7.26. The smallest absolute Gasteiger partial charge is 0.0363 e. The van der Waals surface area contributed by atoms with Crippen LogP contribution in [-0.2, 0) is 0 Å². The van der Waals surface area contributed by atoms with Crippen LogP contribution in [0.15, 0.2) is 23.8 Å². The summed E-state index contributed by atoms with van der Waals surface area (Å²) >= 11 is 3.59. The molecule has 0 aliphatic heterocycles. The van der Waals surface area contributed by atoms with E-state index in [4.69, 9.17) is 0 Å². The molecule has 0 aromatic rings. The molecule has 0 radical (unpaired) electrons. The first-order chi connectivity index (χ1) is 7.33. The minimum absolute atomic E-state index is 0.575. The summed E-state index contributed by atoms with van der Waals surface area (Å²) in [5.41, 5.74) is 1.54. The number of unbranched alkanes of at least 4 members (excludes halogenated alkanes) is 5. The Hall–Kier alpha value is -0.0400. The van der Waals surface area contributed by atoms with Crippen molar-refractivity contribution in [3.05, 3.63) is 23.8 Å². The van der Waals surface area contributed by atoms with Crippen molar-refractivity contribution in [1.82, 2.24) is 0 Å².